The second-order valence-electron chi connectivity index (χ2n) is 4.86. The molecule has 0 radical (unpaired) electrons. The number of nitrogens with one attached hydrogen (secondary N) is 1. The lowest BCUT2D eigenvalue weighted by atomic mass is 10.3. The number of nitrogens with zero attached hydrogens (tertiary/aromatic N) is 2. The van der Waals surface area contributed by atoms with Crippen LogP contribution in [0.1, 0.15) is 29.1 Å². The summed E-state index contributed by atoms with van der Waals surface area (Å²) in [6, 6.07) is 7.41. The van der Waals surface area contributed by atoms with Gasteiger partial charge in [-0.05, 0) is 37.1 Å². The molecule has 1 saturated heterocycles. The summed E-state index contributed by atoms with van der Waals surface area (Å²) in [4.78, 5) is 18.3. The first-order valence-corrected chi connectivity index (χ1v) is 6.84. The number of rotatable bonds is 4. The maximum Gasteiger partial charge on any atom is 0.272 e. The number of likely N-dealkylation sites (tertiary alicyclic amines) is 1. The van der Waals surface area contributed by atoms with Gasteiger partial charge in [-0.15, -0.1) is 0 Å². The first-order valence-electron chi connectivity index (χ1n) is 6.84. The third-order valence-corrected chi connectivity index (χ3v) is 3.42. The third kappa shape index (κ3) is 2.82. The molecule has 2 aromatic rings. The molecule has 1 aliphatic rings. The minimum atomic E-state index is 0.0177. The molecular formula is C15H17N3O2. The van der Waals surface area contributed by atoms with Crippen molar-refractivity contribution in [3.05, 3.63) is 48.2 Å². The van der Waals surface area contributed by atoms with Crippen molar-refractivity contribution < 1.29 is 9.21 Å². The predicted molar refractivity (Wildman–Crippen MR) is 75.4 cm³/mol. The number of carbonyl (C=O) groups excluding carboxylic acids is 1. The van der Waals surface area contributed by atoms with Crippen LogP contribution in [0.5, 0.6) is 0 Å². The van der Waals surface area contributed by atoms with Crippen molar-refractivity contribution in [2.24, 2.45) is 0 Å². The number of hydrogen-bond acceptors (Lipinski definition) is 4. The summed E-state index contributed by atoms with van der Waals surface area (Å²) in [5, 5.41) is 3.23. The number of carbonyl (C=O) groups is 1. The average molecular weight is 271 g/mol. The highest BCUT2D eigenvalue weighted by molar-refractivity contribution is 5.93. The van der Waals surface area contributed by atoms with Gasteiger partial charge in [0.2, 0.25) is 0 Å². The molecule has 1 N–H and O–H groups in total. The van der Waals surface area contributed by atoms with Gasteiger partial charge in [0.15, 0.2) is 0 Å². The number of aromatic nitrogens is 1. The highest BCUT2D eigenvalue weighted by Crippen LogP contribution is 2.15. The fourth-order valence-corrected chi connectivity index (χ4v) is 2.34. The van der Waals surface area contributed by atoms with Crippen molar-refractivity contribution in [2.45, 2.75) is 19.4 Å². The van der Waals surface area contributed by atoms with Crippen LogP contribution in [0.4, 0.5) is 5.69 Å². The summed E-state index contributed by atoms with van der Waals surface area (Å²) in [6.07, 6.45) is 5.48. The van der Waals surface area contributed by atoms with Gasteiger partial charge in [0.25, 0.3) is 5.91 Å². The second-order valence-corrected chi connectivity index (χ2v) is 4.86. The minimum absolute atomic E-state index is 0.0177. The predicted octanol–water partition coefficient (Wildman–Crippen LogP) is 2.52. The lowest BCUT2D eigenvalue weighted by molar-refractivity contribution is 0.0787. The van der Waals surface area contributed by atoms with Crippen LogP contribution in [0.2, 0.25) is 0 Å². The van der Waals surface area contributed by atoms with Crippen molar-refractivity contribution >= 4 is 11.6 Å². The summed E-state index contributed by atoms with van der Waals surface area (Å²) in [5.41, 5.74) is 1.37. The molecule has 0 bridgehead atoms. The van der Waals surface area contributed by atoms with E-state index in [1.165, 1.54) is 0 Å². The highest BCUT2D eigenvalue weighted by Gasteiger charge is 2.20. The zero-order chi connectivity index (χ0) is 13.8. The van der Waals surface area contributed by atoms with Crippen LogP contribution in [-0.4, -0.2) is 28.9 Å². The number of hydrogen-bond donors (Lipinski definition) is 1. The maximum atomic E-state index is 12.2. The Kier molecular flexibility index (Phi) is 3.67. The fraction of sp³-hybridized carbons (Fsp3) is 0.333. The largest absolute Gasteiger partial charge is 0.467 e. The van der Waals surface area contributed by atoms with Crippen molar-refractivity contribution in [2.75, 3.05) is 18.4 Å². The topological polar surface area (TPSA) is 58.4 Å². The van der Waals surface area contributed by atoms with Crippen LogP contribution in [0, 0.1) is 0 Å². The minimum Gasteiger partial charge on any atom is -0.467 e. The Morgan fingerprint density at radius 2 is 2.20 bits per heavy atom. The van der Waals surface area contributed by atoms with E-state index in [-0.39, 0.29) is 5.91 Å². The molecule has 104 valence electrons. The number of pyridine rings is 1. The Balaban J connectivity index is 1.67. The van der Waals surface area contributed by atoms with Crippen LogP contribution in [0.3, 0.4) is 0 Å². The summed E-state index contributed by atoms with van der Waals surface area (Å²) in [6.45, 7) is 2.27. The maximum absolute atomic E-state index is 12.2. The normalized spacial score (nSPS) is 14.5. The summed E-state index contributed by atoms with van der Waals surface area (Å²) < 4.78 is 5.26. The van der Waals surface area contributed by atoms with Crippen molar-refractivity contribution in [3.8, 4) is 0 Å². The zero-order valence-corrected chi connectivity index (χ0v) is 11.2. The van der Waals surface area contributed by atoms with Gasteiger partial charge in [0.1, 0.15) is 11.5 Å². The van der Waals surface area contributed by atoms with Crippen LogP contribution in [0.15, 0.2) is 41.1 Å². The first kappa shape index (κ1) is 12.7. The van der Waals surface area contributed by atoms with Gasteiger partial charge in [0.05, 0.1) is 12.8 Å². The van der Waals surface area contributed by atoms with E-state index in [4.69, 9.17) is 4.42 Å². The average Bonchev–Trinajstić information content (AvgIpc) is 3.18. The molecule has 0 unspecified atom stereocenters. The monoisotopic (exact) mass is 271 g/mol. The SMILES string of the molecule is O=C(c1cc(NCc2ccco2)ccn1)N1CCCC1. The zero-order valence-electron chi connectivity index (χ0n) is 11.2. The first-order chi connectivity index (χ1) is 9.83. The quantitative estimate of drug-likeness (QED) is 0.928. The number of amides is 1. The molecule has 2 aromatic heterocycles. The molecule has 0 saturated carbocycles. The van der Waals surface area contributed by atoms with Crippen molar-refractivity contribution in [3.63, 3.8) is 0 Å². The third-order valence-electron chi connectivity index (χ3n) is 3.42. The molecule has 0 aliphatic carbocycles. The van der Waals surface area contributed by atoms with Gasteiger partial charge in [-0.2, -0.15) is 0 Å². The Bertz CT molecular complexity index is 575. The fourth-order valence-electron chi connectivity index (χ4n) is 2.34. The Morgan fingerprint density at radius 3 is 2.95 bits per heavy atom. The highest BCUT2D eigenvalue weighted by atomic mass is 16.3. The van der Waals surface area contributed by atoms with Gasteiger partial charge in [0, 0.05) is 25.0 Å². The summed E-state index contributed by atoms with van der Waals surface area (Å²) in [5.74, 6) is 0.874. The number of furan rings is 1. The molecule has 1 aliphatic heterocycles. The van der Waals surface area contributed by atoms with Gasteiger partial charge in [-0.25, -0.2) is 0 Å². The van der Waals surface area contributed by atoms with Crippen molar-refractivity contribution in [1.29, 1.82) is 0 Å². The van der Waals surface area contributed by atoms with E-state index in [0.717, 1.165) is 37.4 Å². The van der Waals surface area contributed by atoms with E-state index < -0.39 is 0 Å². The van der Waals surface area contributed by atoms with E-state index in [0.29, 0.717) is 12.2 Å². The molecule has 3 rings (SSSR count). The van der Waals surface area contributed by atoms with Gasteiger partial charge < -0.3 is 14.6 Å². The molecule has 1 fully saturated rings. The van der Waals surface area contributed by atoms with E-state index in [1.807, 2.05) is 23.1 Å². The molecule has 0 aromatic carbocycles. The lowest BCUT2D eigenvalue weighted by Gasteiger charge is -2.15. The van der Waals surface area contributed by atoms with Crippen molar-refractivity contribution in [1.82, 2.24) is 9.88 Å². The van der Waals surface area contributed by atoms with E-state index in [9.17, 15) is 4.79 Å². The number of anilines is 1. The van der Waals surface area contributed by atoms with Crippen LogP contribution in [-0.2, 0) is 6.54 Å². The van der Waals surface area contributed by atoms with Crippen LogP contribution >= 0.6 is 0 Å². The van der Waals surface area contributed by atoms with Gasteiger partial charge in [-0.3, -0.25) is 9.78 Å². The molecule has 0 spiro atoms. The smallest absolute Gasteiger partial charge is 0.272 e. The van der Waals surface area contributed by atoms with Gasteiger partial charge >= 0.3 is 0 Å². The Labute approximate surface area is 117 Å². The van der Waals surface area contributed by atoms with E-state index >= 15 is 0 Å². The Morgan fingerprint density at radius 1 is 1.35 bits per heavy atom. The molecule has 5 nitrogen and oxygen atoms in total. The molecule has 5 heteroatoms. The van der Waals surface area contributed by atoms with Gasteiger partial charge in [-0.1, -0.05) is 0 Å². The molecule has 0 atom stereocenters. The van der Waals surface area contributed by atoms with E-state index in [2.05, 4.69) is 10.3 Å². The Hall–Kier alpha value is -2.30. The molecular weight excluding hydrogens is 254 g/mol. The second kappa shape index (κ2) is 5.77. The van der Waals surface area contributed by atoms with Crippen LogP contribution in [0.25, 0.3) is 0 Å². The molecule has 20 heavy (non-hydrogen) atoms. The lowest BCUT2D eigenvalue weighted by Crippen LogP contribution is -2.28. The molecule has 1 amide bonds. The summed E-state index contributed by atoms with van der Waals surface area (Å²) in [7, 11) is 0. The standard InChI is InChI=1S/C15H17N3O2/c19-15(18-7-1-2-8-18)14-10-12(5-6-16-14)17-11-13-4-3-9-20-13/h3-6,9-10H,1-2,7-8,11H2,(H,16,17). The molecule has 3 heterocycles. The van der Waals surface area contributed by atoms with Crippen LogP contribution < -0.4 is 5.32 Å². The van der Waals surface area contributed by atoms with E-state index in [1.54, 1.807) is 18.5 Å². The summed E-state index contributed by atoms with van der Waals surface area (Å²) >= 11 is 0.